The Morgan fingerprint density at radius 3 is 2.67 bits per heavy atom. The van der Waals surface area contributed by atoms with E-state index in [4.69, 9.17) is 0 Å². The Hall–Kier alpha value is -1.34. The van der Waals surface area contributed by atoms with Crippen LogP contribution >= 0.6 is 12.4 Å². The lowest BCUT2D eigenvalue weighted by atomic mass is 9.96. The second kappa shape index (κ2) is 8.16. The molecule has 0 aromatic carbocycles. The lowest BCUT2D eigenvalue weighted by molar-refractivity contribution is -0.134. The Labute approximate surface area is 148 Å². The Kier molecular flexibility index (Phi) is 6.46. The number of amides is 4. The molecule has 136 valence electrons. The highest BCUT2D eigenvalue weighted by Crippen LogP contribution is 2.34. The molecule has 1 atom stereocenters. The van der Waals surface area contributed by atoms with Crippen molar-refractivity contribution in [3.05, 3.63) is 0 Å². The molecule has 1 saturated carbocycles. The number of imide groups is 1. The zero-order chi connectivity index (χ0) is 16.3. The molecule has 3 N–H and O–H groups in total. The van der Waals surface area contributed by atoms with E-state index in [1.54, 1.807) is 0 Å². The summed E-state index contributed by atoms with van der Waals surface area (Å²) < 4.78 is 0. The molecule has 0 bridgehead atoms. The lowest BCUT2D eigenvalue weighted by Crippen LogP contribution is -2.45. The van der Waals surface area contributed by atoms with Crippen molar-refractivity contribution in [1.82, 2.24) is 20.9 Å². The first-order valence-electron chi connectivity index (χ1n) is 8.72. The van der Waals surface area contributed by atoms with Crippen LogP contribution in [0.5, 0.6) is 0 Å². The van der Waals surface area contributed by atoms with Crippen molar-refractivity contribution in [2.75, 3.05) is 26.2 Å². The fourth-order valence-electron chi connectivity index (χ4n) is 3.92. The summed E-state index contributed by atoms with van der Waals surface area (Å²) in [5.74, 6) is 0.112. The number of carbonyl (C=O) groups excluding carboxylic acids is 3. The number of piperidine rings is 1. The van der Waals surface area contributed by atoms with Crippen molar-refractivity contribution in [1.29, 1.82) is 0 Å². The van der Waals surface area contributed by atoms with Crippen molar-refractivity contribution < 1.29 is 14.4 Å². The second-order valence-electron chi connectivity index (χ2n) is 6.96. The molecular formula is C16H27ClN4O3. The minimum atomic E-state index is -0.731. The number of hydrogen-bond acceptors (Lipinski definition) is 4. The van der Waals surface area contributed by atoms with E-state index in [1.165, 1.54) is 12.8 Å². The Balaban J connectivity index is 0.00000208. The monoisotopic (exact) mass is 358 g/mol. The van der Waals surface area contributed by atoms with E-state index in [0.29, 0.717) is 25.3 Å². The number of urea groups is 1. The van der Waals surface area contributed by atoms with Crippen LogP contribution in [0.25, 0.3) is 0 Å². The van der Waals surface area contributed by atoms with Crippen molar-refractivity contribution in [3.63, 3.8) is 0 Å². The topological polar surface area (TPSA) is 90.5 Å². The average Bonchev–Trinajstić information content (AvgIpc) is 3.10. The maximum absolute atomic E-state index is 12.5. The smallest absolute Gasteiger partial charge is 0.325 e. The van der Waals surface area contributed by atoms with Gasteiger partial charge >= 0.3 is 6.03 Å². The number of nitrogens with one attached hydrogen (secondary N) is 3. The third kappa shape index (κ3) is 4.00. The molecule has 3 rings (SSSR count). The maximum atomic E-state index is 12.5. The molecule has 7 nitrogen and oxygen atoms in total. The molecule has 2 aliphatic heterocycles. The number of nitrogens with zero attached hydrogens (tertiary/aromatic N) is 1. The van der Waals surface area contributed by atoms with Crippen LogP contribution < -0.4 is 16.0 Å². The van der Waals surface area contributed by atoms with Gasteiger partial charge in [0.05, 0.1) is 0 Å². The molecule has 2 saturated heterocycles. The largest absolute Gasteiger partial charge is 0.355 e. The first kappa shape index (κ1) is 19.0. The van der Waals surface area contributed by atoms with Gasteiger partial charge in [0, 0.05) is 6.54 Å². The lowest BCUT2D eigenvalue weighted by Gasteiger charge is -2.23. The summed E-state index contributed by atoms with van der Waals surface area (Å²) in [6.45, 7) is 2.51. The molecule has 0 aromatic heterocycles. The van der Waals surface area contributed by atoms with Gasteiger partial charge in [0.1, 0.15) is 12.1 Å². The summed E-state index contributed by atoms with van der Waals surface area (Å²) >= 11 is 0. The van der Waals surface area contributed by atoms with E-state index in [2.05, 4.69) is 16.0 Å². The summed E-state index contributed by atoms with van der Waals surface area (Å²) in [6, 6.07) is -0.427. The van der Waals surface area contributed by atoms with Crippen LogP contribution in [0.1, 0.15) is 44.9 Å². The minimum Gasteiger partial charge on any atom is -0.355 e. The van der Waals surface area contributed by atoms with Gasteiger partial charge in [0.15, 0.2) is 0 Å². The van der Waals surface area contributed by atoms with Crippen LogP contribution in [0.3, 0.4) is 0 Å². The van der Waals surface area contributed by atoms with Gasteiger partial charge in [0.2, 0.25) is 5.91 Å². The average molecular weight is 359 g/mol. The van der Waals surface area contributed by atoms with Crippen LogP contribution in [0, 0.1) is 5.92 Å². The molecule has 0 radical (unpaired) electrons. The quantitative estimate of drug-likeness (QED) is 0.633. The molecule has 1 aliphatic carbocycles. The molecule has 2 heterocycles. The van der Waals surface area contributed by atoms with Gasteiger partial charge < -0.3 is 16.0 Å². The van der Waals surface area contributed by atoms with E-state index in [1.807, 2.05) is 0 Å². The first-order valence-corrected chi connectivity index (χ1v) is 8.72. The van der Waals surface area contributed by atoms with E-state index < -0.39 is 11.6 Å². The molecule has 1 unspecified atom stereocenters. The summed E-state index contributed by atoms with van der Waals surface area (Å²) in [6.07, 6.45) is 6.57. The van der Waals surface area contributed by atoms with Gasteiger partial charge in [-0.15, -0.1) is 12.4 Å². The molecular weight excluding hydrogens is 332 g/mol. The van der Waals surface area contributed by atoms with Crippen molar-refractivity contribution in [2.24, 2.45) is 5.92 Å². The van der Waals surface area contributed by atoms with E-state index in [9.17, 15) is 14.4 Å². The molecule has 8 heteroatoms. The Morgan fingerprint density at radius 1 is 1.25 bits per heavy atom. The van der Waals surface area contributed by atoms with Crippen molar-refractivity contribution in [2.45, 2.75) is 50.5 Å². The fraction of sp³-hybridized carbons (Fsp3) is 0.812. The molecule has 4 amide bonds. The van der Waals surface area contributed by atoms with Gasteiger partial charge in [-0.25, -0.2) is 4.79 Å². The highest BCUT2D eigenvalue weighted by atomic mass is 35.5. The number of halogens is 1. The van der Waals surface area contributed by atoms with E-state index >= 15 is 0 Å². The second-order valence-corrected chi connectivity index (χ2v) is 6.96. The van der Waals surface area contributed by atoms with Gasteiger partial charge in [-0.3, -0.25) is 14.5 Å². The van der Waals surface area contributed by atoms with E-state index in [0.717, 1.165) is 37.3 Å². The maximum Gasteiger partial charge on any atom is 0.325 e. The zero-order valence-electron chi connectivity index (χ0n) is 13.9. The number of carbonyl (C=O) groups is 3. The van der Waals surface area contributed by atoms with Gasteiger partial charge in [0.25, 0.3) is 5.91 Å². The van der Waals surface area contributed by atoms with E-state index in [-0.39, 0.29) is 30.8 Å². The summed E-state index contributed by atoms with van der Waals surface area (Å²) in [5.41, 5.74) is -0.731. The van der Waals surface area contributed by atoms with Crippen LogP contribution in [-0.4, -0.2) is 54.5 Å². The highest BCUT2D eigenvalue weighted by Gasteiger charge is 2.52. The predicted octanol–water partition coefficient (Wildman–Crippen LogP) is 0.779. The first-order chi connectivity index (χ1) is 11.1. The molecule has 1 spiro atoms. The van der Waals surface area contributed by atoms with Gasteiger partial charge in [-0.2, -0.15) is 0 Å². The Morgan fingerprint density at radius 2 is 2.00 bits per heavy atom. The fourth-order valence-corrected chi connectivity index (χ4v) is 3.92. The summed E-state index contributed by atoms with van der Waals surface area (Å²) in [5, 5.41) is 8.98. The van der Waals surface area contributed by atoms with Gasteiger partial charge in [-0.05, 0) is 51.1 Å². The summed E-state index contributed by atoms with van der Waals surface area (Å²) in [4.78, 5) is 37.6. The standard InChI is InChI=1S/C16H26N4O3.ClH/c21-13(18-9-5-12-4-3-8-17-10-12)11-20-14(22)16(19-15(20)23)6-1-2-7-16;/h12,17H,1-11H2,(H,18,21)(H,19,23);1H. The normalized spacial score (nSPS) is 25.5. The Bertz CT molecular complexity index is 488. The SMILES string of the molecule is Cl.O=C(CN1C(=O)NC2(CCCC2)C1=O)NCCC1CCCNC1. The minimum absolute atomic E-state index is 0. The summed E-state index contributed by atoms with van der Waals surface area (Å²) in [7, 11) is 0. The molecule has 24 heavy (non-hydrogen) atoms. The van der Waals surface area contributed by atoms with Crippen molar-refractivity contribution in [3.8, 4) is 0 Å². The third-order valence-electron chi connectivity index (χ3n) is 5.28. The van der Waals surface area contributed by atoms with Crippen LogP contribution in [0.4, 0.5) is 4.79 Å². The zero-order valence-corrected chi connectivity index (χ0v) is 14.8. The molecule has 3 aliphatic rings. The predicted molar refractivity (Wildman–Crippen MR) is 91.9 cm³/mol. The van der Waals surface area contributed by atoms with Gasteiger partial charge in [-0.1, -0.05) is 12.8 Å². The highest BCUT2D eigenvalue weighted by molar-refractivity contribution is 6.09. The number of rotatable bonds is 5. The molecule has 3 fully saturated rings. The van der Waals surface area contributed by atoms with Crippen LogP contribution in [0.15, 0.2) is 0 Å². The molecule has 0 aromatic rings. The van der Waals surface area contributed by atoms with Crippen LogP contribution in [0.2, 0.25) is 0 Å². The third-order valence-corrected chi connectivity index (χ3v) is 5.28. The van der Waals surface area contributed by atoms with Crippen LogP contribution in [-0.2, 0) is 9.59 Å². The van der Waals surface area contributed by atoms with Crippen molar-refractivity contribution >= 4 is 30.3 Å². The number of hydrogen-bond donors (Lipinski definition) is 3.